The Kier molecular flexibility index (Phi) is 6.36. The maximum Gasteiger partial charge on any atom is 0.510 e. The van der Waals surface area contributed by atoms with Gasteiger partial charge in [-0.3, -0.25) is 4.98 Å². The molecular formula is C17H17N2O3P. The van der Waals surface area contributed by atoms with Gasteiger partial charge in [-0.15, -0.1) is 0 Å². The maximum atomic E-state index is 11.9. The van der Waals surface area contributed by atoms with Gasteiger partial charge in [0.05, 0.1) is 0 Å². The van der Waals surface area contributed by atoms with Crippen molar-refractivity contribution in [3.05, 3.63) is 91.3 Å². The predicted molar refractivity (Wildman–Crippen MR) is 90.2 cm³/mol. The topological polar surface area (TPSA) is 74.4 Å². The van der Waals surface area contributed by atoms with Gasteiger partial charge in [0.15, 0.2) is 0 Å². The van der Waals surface area contributed by atoms with Crippen LogP contribution in [0.1, 0.15) is 0 Å². The molecule has 0 bridgehead atoms. The predicted octanol–water partition coefficient (Wildman–Crippen LogP) is 4.29. The highest BCUT2D eigenvalue weighted by atomic mass is 31.2. The second-order valence-electron chi connectivity index (χ2n) is 4.37. The molecule has 0 aliphatic carbocycles. The third kappa shape index (κ3) is 6.78. The highest BCUT2D eigenvalue weighted by Crippen LogP contribution is 2.40. The normalized spacial score (nSPS) is 10.1. The Labute approximate surface area is 135 Å². The van der Waals surface area contributed by atoms with Gasteiger partial charge in [0.1, 0.15) is 11.5 Å². The van der Waals surface area contributed by atoms with E-state index < -0.39 is 7.75 Å². The van der Waals surface area contributed by atoms with Crippen molar-refractivity contribution >= 4 is 7.75 Å². The summed E-state index contributed by atoms with van der Waals surface area (Å²) in [5.74, 6) is 0.823. The summed E-state index contributed by atoms with van der Waals surface area (Å²) in [7, 11) is -3.64. The highest BCUT2D eigenvalue weighted by Gasteiger charge is 2.21. The SMILES string of the molecule is NP(=O)(Oc1ccccc1)Oc1ccccc1.c1ccncc1. The van der Waals surface area contributed by atoms with Crippen LogP contribution in [0.2, 0.25) is 0 Å². The smallest absolute Gasteiger partial charge is 0.405 e. The molecule has 0 unspecified atom stereocenters. The van der Waals surface area contributed by atoms with Gasteiger partial charge >= 0.3 is 7.75 Å². The first kappa shape index (κ1) is 16.7. The average molecular weight is 328 g/mol. The van der Waals surface area contributed by atoms with Crippen LogP contribution in [0, 0.1) is 0 Å². The van der Waals surface area contributed by atoms with E-state index in [0.717, 1.165) is 0 Å². The largest absolute Gasteiger partial charge is 0.510 e. The van der Waals surface area contributed by atoms with Crippen LogP contribution in [0.15, 0.2) is 91.3 Å². The fraction of sp³-hybridized carbons (Fsp3) is 0. The molecule has 3 rings (SSSR count). The van der Waals surface area contributed by atoms with Crippen molar-refractivity contribution in [1.82, 2.24) is 4.98 Å². The molecule has 6 heteroatoms. The van der Waals surface area contributed by atoms with Crippen LogP contribution < -0.4 is 14.6 Å². The molecule has 0 radical (unpaired) electrons. The standard InChI is InChI=1S/C12H12NO3P.C5H5N/c13-17(14,15-11-7-3-1-4-8-11)16-12-9-5-2-6-10-12;1-2-4-6-5-3-1/h1-10H,(H2,13,14);1-5H. The van der Waals surface area contributed by atoms with Gasteiger partial charge in [-0.05, 0) is 36.4 Å². The number of rotatable bonds is 4. The van der Waals surface area contributed by atoms with Crippen LogP contribution in [-0.4, -0.2) is 4.98 Å². The second-order valence-corrected chi connectivity index (χ2v) is 5.82. The fourth-order valence-corrected chi connectivity index (χ4v) is 2.46. The van der Waals surface area contributed by atoms with Crippen molar-refractivity contribution in [1.29, 1.82) is 0 Å². The van der Waals surface area contributed by atoms with Crippen LogP contribution in [-0.2, 0) is 4.57 Å². The number of nitrogens with zero attached hydrogens (tertiary/aromatic N) is 1. The molecule has 2 N–H and O–H groups in total. The minimum absolute atomic E-state index is 0.411. The lowest BCUT2D eigenvalue weighted by molar-refractivity contribution is 0.387. The fourth-order valence-electron chi connectivity index (χ4n) is 1.59. The Hall–Kier alpha value is -2.62. The average Bonchev–Trinajstić information content (AvgIpc) is 2.58. The first-order chi connectivity index (χ1) is 11.2. The Morgan fingerprint density at radius 2 is 1.09 bits per heavy atom. The van der Waals surface area contributed by atoms with E-state index in [2.05, 4.69) is 4.98 Å². The van der Waals surface area contributed by atoms with E-state index in [4.69, 9.17) is 14.6 Å². The van der Waals surface area contributed by atoms with E-state index in [1.54, 1.807) is 60.9 Å². The molecule has 0 fully saturated rings. The summed E-state index contributed by atoms with van der Waals surface area (Å²) in [6.07, 6.45) is 3.50. The van der Waals surface area contributed by atoms with Crippen LogP contribution in [0.3, 0.4) is 0 Å². The molecule has 1 heterocycles. The Bertz CT molecular complexity index is 652. The van der Waals surface area contributed by atoms with Crippen LogP contribution >= 0.6 is 7.75 Å². The Morgan fingerprint density at radius 3 is 1.39 bits per heavy atom. The third-order valence-electron chi connectivity index (χ3n) is 2.52. The molecule has 2 aromatic carbocycles. The van der Waals surface area contributed by atoms with Gasteiger partial charge in [-0.25, -0.2) is 10.1 Å². The van der Waals surface area contributed by atoms with E-state index in [1.165, 1.54) is 0 Å². The molecule has 23 heavy (non-hydrogen) atoms. The molecule has 0 atom stereocenters. The minimum atomic E-state index is -3.64. The first-order valence-corrected chi connectivity index (χ1v) is 8.50. The molecule has 0 saturated carbocycles. The number of para-hydroxylation sites is 2. The van der Waals surface area contributed by atoms with E-state index in [1.807, 2.05) is 30.3 Å². The molecule has 0 amide bonds. The molecule has 0 aliphatic heterocycles. The summed E-state index contributed by atoms with van der Waals surface area (Å²) in [6.45, 7) is 0. The van der Waals surface area contributed by atoms with Crippen molar-refractivity contribution in [2.75, 3.05) is 0 Å². The number of aromatic nitrogens is 1. The van der Waals surface area contributed by atoms with Crippen LogP contribution in [0.25, 0.3) is 0 Å². The zero-order valence-electron chi connectivity index (χ0n) is 12.4. The summed E-state index contributed by atoms with van der Waals surface area (Å²) < 4.78 is 22.1. The summed E-state index contributed by atoms with van der Waals surface area (Å²) in [5, 5.41) is 0. The molecule has 1 aromatic heterocycles. The van der Waals surface area contributed by atoms with Gasteiger partial charge in [0.25, 0.3) is 0 Å². The molecule has 0 aliphatic rings. The molecule has 3 aromatic rings. The number of pyridine rings is 1. The molecule has 5 nitrogen and oxygen atoms in total. The Morgan fingerprint density at radius 1 is 0.696 bits per heavy atom. The third-order valence-corrected chi connectivity index (χ3v) is 3.45. The quantitative estimate of drug-likeness (QED) is 0.723. The van der Waals surface area contributed by atoms with Crippen molar-refractivity contribution in [3.63, 3.8) is 0 Å². The number of hydrogen-bond donors (Lipinski definition) is 1. The van der Waals surface area contributed by atoms with Crippen molar-refractivity contribution < 1.29 is 13.6 Å². The van der Waals surface area contributed by atoms with E-state index in [-0.39, 0.29) is 0 Å². The van der Waals surface area contributed by atoms with Crippen LogP contribution in [0.4, 0.5) is 0 Å². The second kappa shape index (κ2) is 8.73. The van der Waals surface area contributed by atoms with Crippen molar-refractivity contribution in [2.45, 2.75) is 0 Å². The summed E-state index contributed by atoms with van der Waals surface area (Å²) in [6, 6.07) is 23.1. The monoisotopic (exact) mass is 328 g/mol. The molecule has 118 valence electrons. The Balaban J connectivity index is 0.000000268. The van der Waals surface area contributed by atoms with Crippen molar-refractivity contribution in [3.8, 4) is 11.5 Å². The van der Waals surface area contributed by atoms with Gasteiger partial charge < -0.3 is 9.05 Å². The van der Waals surface area contributed by atoms with Gasteiger partial charge in [0, 0.05) is 12.4 Å². The zero-order valence-corrected chi connectivity index (χ0v) is 13.3. The van der Waals surface area contributed by atoms with E-state index >= 15 is 0 Å². The lowest BCUT2D eigenvalue weighted by Crippen LogP contribution is -2.08. The molecule has 0 saturated heterocycles. The summed E-state index contributed by atoms with van der Waals surface area (Å²) in [4.78, 5) is 3.78. The van der Waals surface area contributed by atoms with E-state index in [9.17, 15) is 4.57 Å². The number of benzene rings is 2. The summed E-state index contributed by atoms with van der Waals surface area (Å²) >= 11 is 0. The number of hydrogen-bond acceptors (Lipinski definition) is 4. The molecular weight excluding hydrogens is 311 g/mol. The first-order valence-electron chi connectivity index (χ1n) is 6.89. The lowest BCUT2D eigenvalue weighted by Gasteiger charge is -2.14. The van der Waals surface area contributed by atoms with Gasteiger partial charge in [-0.2, -0.15) is 0 Å². The minimum Gasteiger partial charge on any atom is -0.405 e. The molecule has 0 spiro atoms. The van der Waals surface area contributed by atoms with Gasteiger partial charge in [-0.1, -0.05) is 42.5 Å². The van der Waals surface area contributed by atoms with Crippen LogP contribution in [0.5, 0.6) is 11.5 Å². The lowest BCUT2D eigenvalue weighted by atomic mass is 10.3. The zero-order chi connectivity index (χ0) is 16.4. The van der Waals surface area contributed by atoms with Gasteiger partial charge in [0.2, 0.25) is 0 Å². The van der Waals surface area contributed by atoms with Crippen molar-refractivity contribution in [2.24, 2.45) is 5.50 Å². The van der Waals surface area contributed by atoms with E-state index in [0.29, 0.717) is 11.5 Å². The summed E-state index contributed by atoms with van der Waals surface area (Å²) in [5.41, 5.74) is 5.49. The highest BCUT2D eigenvalue weighted by molar-refractivity contribution is 7.52. The maximum absolute atomic E-state index is 11.9. The number of nitrogens with two attached hydrogens (primary N) is 1.